The molecule has 0 spiro atoms. The molecule has 7 nitrogen and oxygen atoms in total. The average Bonchev–Trinajstić information content (AvgIpc) is 2.95. The van der Waals surface area contributed by atoms with Gasteiger partial charge in [-0.25, -0.2) is 0 Å². The molecule has 2 aromatic heterocycles. The van der Waals surface area contributed by atoms with Crippen molar-refractivity contribution in [2.45, 2.75) is 13.1 Å². The van der Waals surface area contributed by atoms with Crippen LogP contribution >= 0.6 is 11.3 Å². The van der Waals surface area contributed by atoms with Crippen molar-refractivity contribution in [2.24, 2.45) is 0 Å². The van der Waals surface area contributed by atoms with E-state index in [2.05, 4.69) is 15.5 Å². The van der Waals surface area contributed by atoms with Crippen LogP contribution in [0.1, 0.15) is 21.3 Å². The highest BCUT2D eigenvalue weighted by Gasteiger charge is 2.12. The van der Waals surface area contributed by atoms with Gasteiger partial charge in [-0.05, 0) is 26.2 Å². The zero-order valence-corrected chi connectivity index (χ0v) is 11.5. The summed E-state index contributed by atoms with van der Waals surface area (Å²) < 4.78 is 5.44. The van der Waals surface area contributed by atoms with E-state index in [4.69, 9.17) is 10.2 Å². The van der Waals surface area contributed by atoms with Crippen molar-refractivity contribution < 1.29 is 9.21 Å². The smallest absolute Gasteiger partial charge is 0.287 e. The average molecular weight is 281 g/mol. The second-order valence-electron chi connectivity index (χ2n) is 4.22. The Morgan fingerprint density at radius 2 is 2.26 bits per heavy atom. The molecule has 0 saturated heterocycles. The summed E-state index contributed by atoms with van der Waals surface area (Å²) in [6, 6.07) is 3.44. The molecule has 8 heteroatoms. The lowest BCUT2D eigenvalue weighted by molar-refractivity contribution is 0.0920. The minimum absolute atomic E-state index is 0.279. The largest absolute Gasteiger partial charge is 0.455 e. The van der Waals surface area contributed by atoms with E-state index < -0.39 is 0 Å². The lowest BCUT2D eigenvalue weighted by Crippen LogP contribution is -2.22. The third-order valence-electron chi connectivity index (χ3n) is 2.24. The summed E-state index contributed by atoms with van der Waals surface area (Å²) in [6.45, 7) is 0.942. The van der Waals surface area contributed by atoms with Crippen molar-refractivity contribution in [3.05, 3.63) is 28.7 Å². The molecule has 2 aromatic rings. The SMILES string of the molecule is CN(C)Cc1ccc(C(=O)NCc2nnc(N)s2)o1. The van der Waals surface area contributed by atoms with E-state index in [9.17, 15) is 4.79 Å². The molecule has 1 amide bonds. The number of hydrogen-bond acceptors (Lipinski definition) is 7. The number of rotatable bonds is 5. The lowest BCUT2D eigenvalue weighted by atomic mass is 10.4. The summed E-state index contributed by atoms with van der Waals surface area (Å²) in [6.07, 6.45) is 0. The van der Waals surface area contributed by atoms with Crippen molar-refractivity contribution in [2.75, 3.05) is 19.8 Å². The highest BCUT2D eigenvalue weighted by Crippen LogP contribution is 2.12. The molecule has 3 N–H and O–H groups in total. The summed E-state index contributed by atoms with van der Waals surface area (Å²) in [5.74, 6) is 0.753. The van der Waals surface area contributed by atoms with Crippen LogP contribution in [0.4, 0.5) is 5.13 Å². The molecule has 102 valence electrons. The van der Waals surface area contributed by atoms with Crippen LogP contribution in [0.15, 0.2) is 16.5 Å². The maximum atomic E-state index is 11.8. The highest BCUT2D eigenvalue weighted by molar-refractivity contribution is 7.15. The molecule has 0 aliphatic rings. The molecule has 0 unspecified atom stereocenters. The zero-order valence-electron chi connectivity index (χ0n) is 10.7. The second kappa shape index (κ2) is 5.81. The van der Waals surface area contributed by atoms with Gasteiger partial charge in [0.15, 0.2) is 5.76 Å². The number of furan rings is 1. The molecule has 0 atom stereocenters. The van der Waals surface area contributed by atoms with Crippen LogP contribution in [0.5, 0.6) is 0 Å². The molecular weight excluding hydrogens is 266 g/mol. The van der Waals surface area contributed by atoms with Crippen LogP contribution in [0.3, 0.4) is 0 Å². The molecule has 19 heavy (non-hydrogen) atoms. The first-order chi connectivity index (χ1) is 9.04. The van der Waals surface area contributed by atoms with E-state index in [1.54, 1.807) is 12.1 Å². The van der Waals surface area contributed by atoms with Gasteiger partial charge in [0, 0.05) is 0 Å². The number of amides is 1. The minimum Gasteiger partial charge on any atom is -0.455 e. The molecule has 0 fully saturated rings. The van der Waals surface area contributed by atoms with Crippen molar-refractivity contribution in [3.8, 4) is 0 Å². The first-order valence-electron chi connectivity index (χ1n) is 5.64. The van der Waals surface area contributed by atoms with Crippen molar-refractivity contribution >= 4 is 22.4 Å². The van der Waals surface area contributed by atoms with Crippen molar-refractivity contribution in [1.82, 2.24) is 20.4 Å². The number of carbonyl (C=O) groups excluding carboxylic acids is 1. The monoisotopic (exact) mass is 281 g/mol. The number of nitrogen functional groups attached to an aromatic ring is 1. The van der Waals surface area contributed by atoms with E-state index in [1.807, 2.05) is 19.0 Å². The van der Waals surface area contributed by atoms with Gasteiger partial charge in [-0.1, -0.05) is 11.3 Å². The third kappa shape index (κ3) is 3.76. The molecule has 0 bridgehead atoms. The Labute approximate surface area is 114 Å². The third-order valence-corrected chi connectivity index (χ3v) is 2.99. The maximum absolute atomic E-state index is 11.8. The van der Waals surface area contributed by atoms with Gasteiger partial charge < -0.3 is 20.4 Å². The molecule has 2 heterocycles. The summed E-state index contributed by atoms with van der Waals surface area (Å²) in [5.41, 5.74) is 5.45. The van der Waals surface area contributed by atoms with E-state index in [0.717, 1.165) is 5.76 Å². The fourth-order valence-electron chi connectivity index (χ4n) is 1.48. The fraction of sp³-hybridized carbons (Fsp3) is 0.364. The first kappa shape index (κ1) is 13.5. The highest BCUT2D eigenvalue weighted by atomic mass is 32.1. The molecule has 0 radical (unpaired) electrons. The summed E-state index contributed by atoms with van der Waals surface area (Å²) in [5, 5.41) is 11.2. The van der Waals surface area contributed by atoms with Gasteiger partial charge >= 0.3 is 0 Å². The van der Waals surface area contributed by atoms with Crippen molar-refractivity contribution in [3.63, 3.8) is 0 Å². The Bertz CT molecular complexity index is 563. The second-order valence-corrected chi connectivity index (χ2v) is 5.31. The van der Waals surface area contributed by atoms with E-state index in [-0.39, 0.29) is 18.2 Å². The fourth-order valence-corrected chi connectivity index (χ4v) is 2.03. The number of anilines is 1. The van der Waals surface area contributed by atoms with E-state index >= 15 is 0 Å². The zero-order chi connectivity index (χ0) is 13.8. The Balaban J connectivity index is 1.90. The Morgan fingerprint density at radius 1 is 1.47 bits per heavy atom. The molecule has 0 saturated carbocycles. The van der Waals surface area contributed by atoms with Gasteiger partial charge in [-0.15, -0.1) is 10.2 Å². The number of carbonyl (C=O) groups is 1. The Kier molecular flexibility index (Phi) is 4.13. The normalized spacial score (nSPS) is 10.9. The van der Waals surface area contributed by atoms with Crippen LogP contribution in [0, 0.1) is 0 Å². The minimum atomic E-state index is -0.279. The molecule has 0 aliphatic heterocycles. The van der Waals surface area contributed by atoms with Crippen LogP contribution in [-0.4, -0.2) is 35.1 Å². The van der Waals surface area contributed by atoms with Crippen LogP contribution in [-0.2, 0) is 13.1 Å². The summed E-state index contributed by atoms with van der Waals surface area (Å²) in [4.78, 5) is 13.8. The number of nitrogens with zero attached hydrogens (tertiary/aromatic N) is 3. The predicted molar refractivity (Wildman–Crippen MR) is 71.6 cm³/mol. The van der Waals surface area contributed by atoms with Gasteiger partial charge in [0.05, 0.1) is 13.1 Å². The van der Waals surface area contributed by atoms with E-state index in [0.29, 0.717) is 16.7 Å². The quantitative estimate of drug-likeness (QED) is 0.837. The lowest BCUT2D eigenvalue weighted by Gasteiger charge is -2.05. The summed E-state index contributed by atoms with van der Waals surface area (Å²) in [7, 11) is 3.87. The van der Waals surface area contributed by atoms with Crippen LogP contribution in [0.25, 0.3) is 0 Å². The van der Waals surface area contributed by atoms with Gasteiger partial charge in [-0.2, -0.15) is 0 Å². The Hall–Kier alpha value is -1.93. The van der Waals surface area contributed by atoms with Gasteiger partial charge in [0.1, 0.15) is 10.8 Å². The number of nitrogens with two attached hydrogens (primary N) is 1. The Morgan fingerprint density at radius 3 is 2.89 bits per heavy atom. The molecular formula is C11H15N5O2S. The van der Waals surface area contributed by atoms with E-state index in [1.165, 1.54) is 11.3 Å². The molecule has 0 aromatic carbocycles. The molecule has 0 aliphatic carbocycles. The van der Waals surface area contributed by atoms with Gasteiger partial charge in [-0.3, -0.25) is 4.79 Å². The van der Waals surface area contributed by atoms with Crippen LogP contribution < -0.4 is 11.1 Å². The van der Waals surface area contributed by atoms with Crippen molar-refractivity contribution in [1.29, 1.82) is 0 Å². The van der Waals surface area contributed by atoms with Crippen LogP contribution in [0.2, 0.25) is 0 Å². The topological polar surface area (TPSA) is 97.3 Å². The van der Waals surface area contributed by atoms with Gasteiger partial charge in [0.2, 0.25) is 5.13 Å². The predicted octanol–water partition coefficient (Wildman–Crippen LogP) is 0.705. The standard InChI is InChI=1S/C11H15N5O2S/c1-16(2)6-7-3-4-8(18-7)10(17)13-5-9-14-15-11(12)19-9/h3-4H,5-6H2,1-2H3,(H2,12,15)(H,13,17). The number of aromatic nitrogens is 2. The summed E-state index contributed by atoms with van der Waals surface area (Å²) >= 11 is 1.24. The molecule has 2 rings (SSSR count). The number of hydrogen-bond donors (Lipinski definition) is 2. The van der Waals surface area contributed by atoms with Gasteiger partial charge in [0.25, 0.3) is 5.91 Å². The first-order valence-corrected chi connectivity index (χ1v) is 6.46. The number of nitrogens with one attached hydrogen (secondary N) is 1. The maximum Gasteiger partial charge on any atom is 0.287 e.